The van der Waals surface area contributed by atoms with E-state index in [1.54, 1.807) is 7.11 Å². The third kappa shape index (κ3) is 9.80. The van der Waals surface area contributed by atoms with Gasteiger partial charge in [-0.05, 0) is 13.3 Å². The molecule has 1 atom stereocenters. The zero-order valence-electron chi connectivity index (χ0n) is 9.04. The summed E-state index contributed by atoms with van der Waals surface area (Å²) in [5.41, 5.74) is 0. The van der Waals surface area contributed by atoms with Crippen LogP contribution in [-0.2, 0) is 14.2 Å². The van der Waals surface area contributed by atoms with Gasteiger partial charge in [-0.1, -0.05) is 13.3 Å². The molecule has 0 aromatic heterocycles. The fourth-order valence-corrected chi connectivity index (χ4v) is 0.784. The lowest BCUT2D eigenvalue weighted by Gasteiger charge is -2.09. The average Bonchev–Trinajstić information content (AvgIpc) is 2.16. The molecular weight excluding hydrogens is 168 g/mol. The zero-order valence-corrected chi connectivity index (χ0v) is 9.04. The summed E-state index contributed by atoms with van der Waals surface area (Å²) in [6.45, 7) is 6.99. The van der Waals surface area contributed by atoms with E-state index in [0.29, 0.717) is 19.8 Å². The van der Waals surface area contributed by atoms with E-state index in [9.17, 15) is 0 Å². The summed E-state index contributed by atoms with van der Waals surface area (Å²) in [6, 6.07) is 0. The van der Waals surface area contributed by atoms with Gasteiger partial charge in [-0.2, -0.15) is 0 Å². The number of hydrogen-bond acceptors (Lipinski definition) is 3. The molecule has 0 saturated heterocycles. The van der Waals surface area contributed by atoms with Crippen LogP contribution in [-0.4, -0.2) is 39.6 Å². The van der Waals surface area contributed by atoms with Crippen molar-refractivity contribution in [1.82, 2.24) is 0 Å². The minimum atomic E-state index is 0.177. The van der Waals surface area contributed by atoms with Crippen molar-refractivity contribution in [2.75, 3.05) is 33.5 Å². The summed E-state index contributed by atoms with van der Waals surface area (Å²) in [6.07, 6.45) is 2.49. The fraction of sp³-hybridized carbons (Fsp3) is 1.00. The Balaban J connectivity index is 2.91. The second-order valence-corrected chi connectivity index (χ2v) is 3.09. The maximum absolute atomic E-state index is 5.32. The summed E-state index contributed by atoms with van der Waals surface area (Å²) >= 11 is 0. The summed E-state index contributed by atoms with van der Waals surface area (Å²) in [7, 11) is 1.69. The lowest BCUT2D eigenvalue weighted by Crippen LogP contribution is -2.16. The van der Waals surface area contributed by atoms with Crippen molar-refractivity contribution < 1.29 is 14.2 Å². The second-order valence-electron chi connectivity index (χ2n) is 3.09. The molecule has 0 rings (SSSR count). The van der Waals surface area contributed by atoms with Crippen molar-refractivity contribution in [3.63, 3.8) is 0 Å². The van der Waals surface area contributed by atoms with Gasteiger partial charge in [0.1, 0.15) is 0 Å². The predicted molar refractivity (Wildman–Crippen MR) is 53.0 cm³/mol. The molecule has 0 bridgehead atoms. The van der Waals surface area contributed by atoms with E-state index in [4.69, 9.17) is 14.2 Å². The molecule has 3 heteroatoms. The van der Waals surface area contributed by atoms with Gasteiger partial charge >= 0.3 is 0 Å². The largest absolute Gasteiger partial charge is 0.379 e. The van der Waals surface area contributed by atoms with Gasteiger partial charge in [0.05, 0.1) is 25.9 Å². The maximum atomic E-state index is 5.32. The predicted octanol–water partition coefficient (Wildman–Crippen LogP) is 1.85. The molecule has 0 amide bonds. The van der Waals surface area contributed by atoms with Crippen LogP contribution in [0.2, 0.25) is 0 Å². The highest BCUT2D eigenvalue weighted by molar-refractivity contribution is 4.44. The van der Waals surface area contributed by atoms with Crippen LogP contribution in [0.1, 0.15) is 26.7 Å². The van der Waals surface area contributed by atoms with Gasteiger partial charge in [0, 0.05) is 13.7 Å². The molecule has 0 aliphatic rings. The SMILES string of the molecule is CCCCOCCOCC(C)OC. The number of unbranched alkanes of at least 4 members (excludes halogenated alkanes) is 1. The highest BCUT2D eigenvalue weighted by atomic mass is 16.5. The van der Waals surface area contributed by atoms with E-state index in [1.807, 2.05) is 6.92 Å². The molecule has 3 nitrogen and oxygen atoms in total. The number of rotatable bonds is 9. The molecule has 0 aromatic carbocycles. The minimum Gasteiger partial charge on any atom is -0.379 e. The van der Waals surface area contributed by atoms with Crippen LogP contribution in [0.25, 0.3) is 0 Å². The Morgan fingerprint density at radius 1 is 1.08 bits per heavy atom. The van der Waals surface area contributed by atoms with Crippen molar-refractivity contribution >= 4 is 0 Å². The molecule has 0 aliphatic carbocycles. The van der Waals surface area contributed by atoms with Gasteiger partial charge in [0.15, 0.2) is 0 Å². The molecule has 13 heavy (non-hydrogen) atoms. The Labute approximate surface area is 81.4 Å². The molecule has 0 fully saturated rings. The van der Waals surface area contributed by atoms with Crippen molar-refractivity contribution in [2.24, 2.45) is 0 Å². The molecule has 0 N–H and O–H groups in total. The standard InChI is InChI=1S/C10H22O3/c1-4-5-6-12-7-8-13-9-10(2)11-3/h10H,4-9H2,1-3H3. The van der Waals surface area contributed by atoms with Crippen LogP contribution < -0.4 is 0 Å². The topological polar surface area (TPSA) is 27.7 Å². The number of ether oxygens (including phenoxy) is 3. The molecule has 1 unspecified atom stereocenters. The van der Waals surface area contributed by atoms with Crippen molar-refractivity contribution in [3.8, 4) is 0 Å². The van der Waals surface area contributed by atoms with Gasteiger partial charge in [-0.15, -0.1) is 0 Å². The molecule has 80 valence electrons. The second kappa shape index (κ2) is 9.96. The lowest BCUT2D eigenvalue weighted by atomic mass is 10.4. The third-order valence-corrected chi connectivity index (χ3v) is 1.77. The van der Waals surface area contributed by atoms with Crippen LogP contribution in [0.3, 0.4) is 0 Å². The Kier molecular flexibility index (Phi) is 9.87. The smallest absolute Gasteiger partial charge is 0.0776 e. The summed E-state index contributed by atoms with van der Waals surface area (Å²) in [4.78, 5) is 0. The van der Waals surface area contributed by atoms with E-state index in [1.165, 1.54) is 6.42 Å². The minimum absolute atomic E-state index is 0.177. The zero-order chi connectivity index (χ0) is 9.94. The average molecular weight is 190 g/mol. The van der Waals surface area contributed by atoms with Crippen LogP contribution in [0.15, 0.2) is 0 Å². The maximum Gasteiger partial charge on any atom is 0.0776 e. The summed E-state index contributed by atoms with van der Waals surface area (Å²) < 4.78 is 15.7. The fourth-order valence-electron chi connectivity index (χ4n) is 0.784. The van der Waals surface area contributed by atoms with E-state index in [2.05, 4.69) is 6.92 Å². The van der Waals surface area contributed by atoms with Crippen LogP contribution in [0.4, 0.5) is 0 Å². The highest BCUT2D eigenvalue weighted by Crippen LogP contribution is 1.90. The molecule has 0 aromatic rings. The first kappa shape index (κ1) is 12.9. The van der Waals surface area contributed by atoms with E-state index in [-0.39, 0.29) is 6.10 Å². The van der Waals surface area contributed by atoms with E-state index >= 15 is 0 Å². The van der Waals surface area contributed by atoms with Crippen LogP contribution in [0.5, 0.6) is 0 Å². The summed E-state index contributed by atoms with van der Waals surface area (Å²) in [5, 5.41) is 0. The summed E-state index contributed by atoms with van der Waals surface area (Å²) in [5.74, 6) is 0. The van der Waals surface area contributed by atoms with Crippen molar-refractivity contribution in [3.05, 3.63) is 0 Å². The number of methoxy groups -OCH3 is 1. The van der Waals surface area contributed by atoms with E-state index in [0.717, 1.165) is 13.0 Å². The molecule has 0 radical (unpaired) electrons. The van der Waals surface area contributed by atoms with Gasteiger partial charge in [-0.3, -0.25) is 0 Å². The molecule has 0 saturated carbocycles. The Morgan fingerprint density at radius 2 is 1.77 bits per heavy atom. The first-order valence-electron chi connectivity index (χ1n) is 4.99. The molecular formula is C10H22O3. The molecule has 0 spiro atoms. The van der Waals surface area contributed by atoms with Gasteiger partial charge in [0.25, 0.3) is 0 Å². The molecule has 0 heterocycles. The highest BCUT2D eigenvalue weighted by Gasteiger charge is 1.97. The normalized spacial score (nSPS) is 13.2. The van der Waals surface area contributed by atoms with Crippen molar-refractivity contribution in [1.29, 1.82) is 0 Å². The van der Waals surface area contributed by atoms with Crippen molar-refractivity contribution in [2.45, 2.75) is 32.8 Å². The number of hydrogen-bond donors (Lipinski definition) is 0. The monoisotopic (exact) mass is 190 g/mol. The quantitative estimate of drug-likeness (QED) is 0.519. The Morgan fingerprint density at radius 3 is 2.38 bits per heavy atom. The van der Waals surface area contributed by atoms with Gasteiger partial charge < -0.3 is 14.2 Å². The lowest BCUT2D eigenvalue weighted by molar-refractivity contribution is -0.00658. The van der Waals surface area contributed by atoms with Gasteiger partial charge in [0.2, 0.25) is 0 Å². The molecule has 0 aliphatic heterocycles. The van der Waals surface area contributed by atoms with E-state index < -0.39 is 0 Å². The first-order chi connectivity index (χ1) is 6.31. The van der Waals surface area contributed by atoms with Gasteiger partial charge in [-0.25, -0.2) is 0 Å². The third-order valence-electron chi connectivity index (χ3n) is 1.77. The Hall–Kier alpha value is -0.120. The first-order valence-corrected chi connectivity index (χ1v) is 4.99. The Bertz CT molecular complexity index is 96.2. The van der Waals surface area contributed by atoms with Crippen LogP contribution >= 0.6 is 0 Å². The van der Waals surface area contributed by atoms with Crippen LogP contribution in [0, 0.1) is 0 Å².